The number of carbonyl (C=O) groups is 2. The zero-order valence-corrected chi connectivity index (χ0v) is 12.4. The molecule has 1 fully saturated rings. The fourth-order valence-corrected chi connectivity index (χ4v) is 2.81. The van der Waals surface area contributed by atoms with Gasteiger partial charge in [-0.2, -0.15) is 0 Å². The summed E-state index contributed by atoms with van der Waals surface area (Å²) in [5.74, 6) is -1.08. The first-order valence-electron chi connectivity index (χ1n) is 7.21. The van der Waals surface area contributed by atoms with Gasteiger partial charge in [-0.15, -0.1) is 0 Å². The van der Waals surface area contributed by atoms with E-state index in [-0.39, 0.29) is 11.9 Å². The molecule has 4 heteroatoms. The number of hydrogen-bond donors (Lipinski definition) is 2. The van der Waals surface area contributed by atoms with Gasteiger partial charge in [-0.05, 0) is 43.9 Å². The molecule has 21 heavy (non-hydrogen) atoms. The minimum absolute atomic E-state index is 0.238. The third-order valence-corrected chi connectivity index (χ3v) is 4.37. The van der Waals surface area contributed by atoms with Crippen molar-refractivity contribution in [3.63, 3.8) is 0 Å². The molecule has 4 nitrogen and oxygen atoms in total. The van der Waals surface area contributed by atoms with Crippen molar-refractivity contribution >= 4 is 18.0 Å². The number of rotatable bonds is 4. The molecule has 112 valence electrons. The highest BCUT2D eigenvalue weighted by Crippen LogP contribution is 2.38. The summed E-state index contributed by atoms with van der Waals surface area (Å²) >= 11 is 0. The molecule has 2 N–H and O–H groups in total. The fourth-order valence-electron chi connectivity index (χ4n) is 2.81. The topological polar surface area (TPSA) is 66.4 Å². The van der Waals surface area contributed by atoms with Crippen molar-refractivity contribution in [3.05, 3.63) is 41.5 Å². The molecule has 1 aromatic carbocycles. The van der Waals surface area contributed by atoms with Gasteiger partial charge in [0.1, 0.15) is 0 Å². The molecule has 2 atom stereocenters. The van der Waals surface area contributed by atoms with Crippen molar-refractivity contribution in [2.24, 2.45) is 5.41 Å². The Morgan fingerprint density at radius 3 is 2.76 bits per heavy atom. The zero-order valence-electron chi connectivity index (χ0n) is 12.4. The first-order valence-corrected chi connectivity index (χ1v) is 7.21. The standard InChI is InChI=1S/C17H21NO3/c1-12-6-3-4-7-13(12)9-10-15(19)18-14-8-5-11-17(14,2)16(20)21/h3-4,6-7,9-10,14H,5,8,11H2,1-2H3,(H,18,19)(H,20,21)/b10-9+. The van der Waals surface area contributed by atoms with Crippen LogP contribution < -0.4 is 5.32 Å². The highest BCUT2D eigenvalue weighted by atomic mass is 16.4. The number of carbonyl (C=O) groups excluding carboxylic acids is 1. The molecule has 1 aliphatic carbocycles. The van der Waals surface area contributed by atoms with E-state index in [2.05, 4.69) is 5.32 Å². The monoisotopic (exact) mass is 287 g/mol. The van der Waals surface area contributed by atoms with Crippen molar-refractivity contribution in [3.8, 4) is 0 Å². The molecule has 0 aromatic heterocycles. The quantitative estimate of drug-likeness (QED) is 0.837. The average molecular weight is 287 g/mol. The highest BCUT2D eigenvalue weighted by molar-refractivity contribution is 5.92. The van der Waals surface area contributed by atoms with Crippen molar-refractivity contribution < 1.29 is 14.7 Å². The van der Waals surface area contributed by atoms with Crippen LogP contribution in [0.4, 0.5) is 0 Å². The normalized spacial score (nSPS) is 25.1. The summed E-state index contributed by atoms with van der Waals surface area (Å²) in [7, 11) is 0. The number of aryl methyl sites for hydroxylation is 1. The van der Waals surface area contributed by atoms with E-state index in [1.165, 1.54) is 6.08 Å². The Morgan fingerprint density at radius 1 is 1.38 bits per heavy atom. The fraction of sp³-hybridized carbons (Fsp3) is 0.412. The third kappa shape index (κ3) is 3.32. The van der Waals surface area contributed by atoms with Gasteiger partial charge in [0.25, 0.3) is 0 Å². The number of benzene rings is 1. The minimum Gasteiger partial charge on any atom is -0.481 e. The van der Waals surface area contributed by atoms with E-state index < -0.39 is 11.4 Å². The van der Waals surface area contributed by atoms with Gasteiger partial charge in [0.05, 0.1) is 5.41 Å². The lowest BCUT2D eigenvalue weighted by molar-refractivity contribution is -0.148. The summed E-state index contributed by atoms with van der Waals surface area (Å²) in [5.41, 5.74) is 1.23. The number of carboxylic acid groups (broad SMARTS) is 1. The summed E-state index contributed by atoms with van der Waals surface area (Å²) in [5, 5.41) is 12.2. The van der Waals surface area contributed by atoms with Gasteiger partial charge >= 0.3 is 5.97 Å². The van der Waals surface area contributed by atoms with E-state index in [4.69, 9.17) is 0 Å². The van der Waals surface area contributed by atoms with Gasteiger partial charge in [0.15, 0.2) is 0 Å². The maximum absolute atomic E-state index is 12.0. The van der Waals surface area contributed by atoms with Crippen LogP contribution in [0.3, 0.4) is 0 Å². The van der Waals surface area contributed by atoms with Gasteiger partial charge in [0, 0.05) is 12.1 Å². The molecule has 2 unspecified atom stereocenters. The van der Waals surface area contributed by atoms with Crippen LogP contribution in [0.15, 0.2) is 30.3 Å². The molecule has 1 amide bonds. The van der Waals surface area contributed by atoms with Crippen LogP contribution in [-0.2, 0) is 9.59 Å². The maximum Gasteiger partial charge on any atom is 0.311 e. The van der Waals surface area contributed by atoms with Crippen molar-refractivity contribution in [1.29, 1.82) is 0 Å². The molecule has 0 heterocycles. The summed E-state index contributed by atoms with van der Waals surface area (Å²) in [6, 6.07) is 7.49. The first-order chi connectivity index (χ1) is 9.93. The summed E-state index contributed by atoms with van der Waals surface area (Å²) < 4.78 is 0. The second-order valence-electron chi connectivity index (χ2n) is 5.87. The van der Waals surface area contributed by atoms with E-state index >= 15 is 0 Å². The lowest BCUT2D eigenvalue weighted by Crippen LogP contribution is -2.46. The molecule has 1 saturated carbocycles. The Hall–Kier alpha value is -2.10. The number of carboxylic acids is 1. The molecule has 1 aromatic rings. The van der Waals surface area contributed by atoms with Crippen LogP contribution in [0.2, 0.25) is 0 Å². The zero-order chi connectivity index (χ0) is 15.5. The van der Waals surface area contributed by atoms with Crippen LogP contribution in [0.25, 0.3) is 6.08 Å². The van der Waals surface area contributed by atoms with Crippen LogP contribution in [-0.4, -0.2) is 23.0 Å². The van der Waals surface area contributed by atoms with Crippen molar-refractivity contribution in [2.75, 3.05) is 0 Å². The SMILES string of the molecule is Cc1ccccc1/C=C/C(=O)NC1CCCC1(C)C(=O)O. The van der Waals surface area contributed by atoms with E-state index in [9.17, 15) is 14.7 Å². The molecule has 1 aliphatic rings. The Labute approximate surface area is 124 Å². The lowest BCUT2D eigenvalue weighted by Gasteiger charge is -2.27. The van der Waals surface area contributed by atoms with Crippen LogP contribution >= 0.6 is 0 Å². The van der Waals surface area contributed by atoms with Gasteiger partial charge in [-0.3, -0.25) is 9.59 Å². The van der Waals surface area contributed by atoms with Crippen molar-refractivity contribution in [2.45, 2.75) is 39.2 Å². The third-order valence-electron chi connectivity index (χ3n) is 4.37. The van der Waals surface area contributed by atoms with Crippen LogP contribution in [0.5, 0.6) is 0 Å². The molecule has 0 saturated heterocycles. The molecule has 0 radical (unpaired) electrons. The van der Waals surface area contributed by atoms with Crippen molar-refractivity contribution in [1.82, 2.24) is 5.32 Å². The molecule has 0 bridgehead atoms. The van der Waals surface area contributed by atoms with E-state index in [1.54, 1.807) is 13.0 Å². The van der Waals surface area contributed by atoms with E-state index in [0.717, 1.165) is 17.5 Å². The maximum atomic E-state index is 12.0. The molecule has 2 rings (SSSR count). The van der Waals surface area contributed by atoms with Gasteiger partial charge in [-0.25, -0.2) is 0 Å². The lowest BCUT2D eigenvalue weighted by atomic mass is 9.85. The Morgan fingerprint density at radius 2 is 2.10 bits per heavy atom. The Balaban J connectivity index is 2.02. The van der Waals surface area contributed by atoms with E-state index in [0.29, 0.717) is 12.8 Å². The van der Waals surface area contributed by atoms with Gasteiger partial charge < -0.3 is 10.4 Å². The number of nitrogens with one attached hydrogen (secondary N) is 1. The summed E-state index contributed by atoms with van der Waals surface area (Å²) in [6.07, 6.45) is 5.39. The Kier molecular flexibility index (Phi) is 4.46. The highest BCUT2D eigenvalue weighted by Gasteiger charge is 2.45. The minimum atomic E-state index is -0.855. The first kappa shape index (κ1) is 15.3. The second kappa shape index (κ2) is 6.12. The average Bonchev–Trinajstić information content (AvgIpc) is 2.81. The van der Waals surface area contributed by atoms with Crippen LogP contribution in [0, 0.1) is 12.3 Å². The van der Waals surface area contributed by atoms with Crippen LogP contribution in [0.1, 0.15) is 37.3 Å². The smallest absolute Gasteiger partial charge is 0.311 e. The molecule has 0 aliphatic heterocycles. The second-order valence-corrected chi connectivity index (χ2v) is 5.87. The van der Waals surface area contributed by atoms with Gasteiger partial charge in [0.2, 0.25) is 5.91 Å². The predicted octanol–water partition coefficient (Wildman–Crippen LogP) is 2.77. The molecule has 0 spiro atoms. The molecular weight excluding hydrogens is 266 g/mol. The Bertz CT molecular complexity index is 579. The molecular formula is C17H21NO3. The van der Waals surface area contributed by atoms with Gasteiger partial charge in [-0.1, -0.05) is 30.7 Å². The predicted molar refractivity (Wildman–Crippen MR) is 81.7 cm³/mol. The summed E-state index contributed by atoms with van der Waals surface area (Å²) in [6.45, 7) is 3.69. The summed E-state index contributed by atoms with van der Waals surface area (Å²) in [4.78, 5) is 23.4. The number of aliphatic carboxylic acids is 1. The largest absolute Gasteiger partial charge is 0.481 e. The number of hydrogen-bond acceptors (Lipinski definition) is 2. The van der Waals surface area contributed by atoms with E-state index in [1.807, 2.05) is 31.2 Å². The number of amides is 1.